The number of aliphatic hydroxyl groups excluding tert-OH is 1. The third kappa shape index (κ3) is 4.04. The number of nitrogens with zero attached hydrogens (tertiary/aromatic N) is 2. The predicted octanol–water partition coefficient (Wildman–Crippen LogP) is 1.61. The van der Waals surface area contributed by atoms with Crippen LogP contribution in [0.2, 0.25) is 0 Å². The van der Waals surface area contributed by atoms with Crippen LogP contribution in [0, 0.1) is 0 Å². The van der Waals surface area contributed by atoms with Crippen molar-refractivity contribution < 1.29 is 38.8 Å². The number of hydrogen-bond donors (Lipinski definition) is 2. The van der Waals surface area contributed by atoms with E-state index in [4.69, 9.17) is 19.3 Å². The monoisotopic (exact) mass is 420 g/mol. The molecule has 0 aromatic heterocycles. The standard InChI is InChI=1S/C20H24N2O8/c1-3-8-30-20(27)22-14-11-16(29-9-6-17(23)24)15(28-2)10-12(14)18(25)21-7-4-5-13(21)19(22)26/h3,10-11,13,19,26H,1,4-9H2,2H3,(H,23,24)/t13-,19-/m0/s1. The zero-order valence-electron chi connectivity index (χ0n) is 16.6. The highest BCUT2D eigenvalue weighted by Crippen LogP contribution is 2.41. The van der Waals surface area contributed by atoms with E-state index < -0.39 is 24.3 Å². The second-order valence-corrected chi connectivity index (χ2v) is 6.87. The highest BCUT2D eigenvalue weighted by molar-refractivity contribution is 6.06. The summed E-state index contributed by atoms with van der Waals surface area (Å²) in [5.74, 6) is -1.04. The number of carbonyl (C=O) groups is 3. The number of amides is 2. The fraction of sp³-hybridized carbons (Fsp3) is 0.450. The Morgan fingerprint density at radius 1 is 1.33 bits per heavy atom. The molecule has 3 rings (SSSR count). The molecular formula is C20H24N2O8. The molecule has 162 valence electrons. The van der Waals surface area contributed by atoms with E-state index in [0.717, 1.165) is 4.90 Å². The van der Waals surface area contributed by atoms with Gasteiger partial charge in [-0.2, -0.15) is 0 Å². The van der Waals surface area contributed by atoms with Crippen LogP contribution in [0.1, 0.15) is 29.6 Å². The molecule has 2 amide bonds. The number of rotatable bonds is 7. The highest BCUT2D eigenvalue weighted by atomic mass is 16.6. The van der Waals surface area contributed by atoms with E-state index in [0.29, 0.717) is 19.4 Å². The van der Waals surface area contributed by atoms with Crippen molar-refractivity contribution in [2.45, 2.75) is 31.5 Å². The molecular weight excluding hydrogens is 396 g/mol. The number of ether oxygens (including phenoxy) is 3. The van der Waals surface area contributed by atoms with Gasteiger partial charge in [0.1, 0.15) is 6.61 Å². The van der Waals surface area contributed by atoms with Crippen LogP contribution in [-0.2, 0) is 9.53 Å². The Kier molecular flexibility index (Phi) is 6.46. The molecule has 2 aliphatic heterocycles. The Morgan fingerprint density at radius 3 is 2.77 bits per heavy atom. The Morgan fingerprint density at radius 2 is 2.10 bits per heavy atom. The van der Waals surface area contributed by atoms with Gasteiger partial charge in [-0.25, -0.2) is 9.69 Å². The number of benzene rings is 1. The average molecular weight is 420 g/mol. The zero-order chi connectivity index (χ0) is 21.8. The van der Waals surface area contributed by atoms with Gasteiger partial charge in [-0.05, 0) is 18.9 Å². The Bertz CT molecular complexity index is 855. The summed E-state index contributed by atoms with van der Waals surface area (Å²) >= 11 is 0. The summed E-state index contributed by atoms with van der Waals surface area (Å²) in [5, 5.41) is 19.8. The maximum absolute atomic E-state index is 13.2. The number of carboxylic acids is 1. The first kappa shape index (κ1) is 21.4. The number of aliphatic carboxylic acids is 1. The Balaban J connectivity index is 2.08. The molecule has 2 N–H and O–H groups in total. The molecule has 1 saturated heterocycles. The van der Waals surface area contributed by atoms with Crippen LogP contribution < -0.4 is 14.4 Å². The van der Waals surface area contributed by atoms with Crippen molar-refractivity contribution in [3.63, 3.8) is 0 Å². The molecule has 0 radical (unpaired) electrons. The largest absolute Gasteiger partial charge is 0.493 e. The number of aliphatic hydroxyl groups is 1. The second kappa shape index (κ2) is 9.04. The van der Waals surface area contributed by atoms with E-state index in [1.54, 1.807) is 0 Å². The van der Waals surface area contributed by atoms with Crippen molar-refractivity contribution in [2.75, 3.05) is 31.8 Å². The lowest BCUT2D eigenvalue weighted by Crippen LogP contribution is -2.50. The molecule has 0 bridgehead atoms. The van der Waals surface area contributed by atoms with E-state index in [-0.39, 0.29) is 48.3 Å². The third-order valence-electron chi connectivity index (χ3n) is 5.04. The first-order valence-corrected chi connectivity index (χ1v) is 9.51. The van der Waals surface area contributed by atoms with E-state index in [9.17, 15) is 19.5 Å². The molecule has 0 saturated carbocycles. The molecule has 1 fully saturated rings. The van der Waals surface area contributed by atoms with E-state index in [2.05, 4.69) is 6.58 Å². The van der Waals surface area contributed by atoms with Gasteiger partial charge in [-0.1, -0.05) is 12.7 Å². The number of fused-ring (bicyclic) bond motifs is 2. The minimum absolute atomic E-state index is 0.0716. The number of hydrogen-bond acceptors (Lipinski definition) is 7. The first-order chi connectivity index (χ1) is 14.4. The molecule has 0 aliphatic carbocycles. The Labute approximate surface area is 173 Å². The summed E-state index contributed by atoms with van der Waals surface area (Å²) < 4.78 is 16.0. The topological polar surface area (TPSA) is 126 Å². The fourth-order valence-electron chi connectivity index (χ4n) is 3.67. The van der Waals surface area contributed by atoms with Crippen LogP contribution >= 0.6 is 0 Å². The molecule has 1 aromatic rings. The van der Waals surface area contributed by atoms with Gasteiger partial charge >= 0.3 is 12.1 Å². The van der Waals surface area contributed by atoms with Gasteiger partial charge in [0.15, 0.2) is 17.7 Å². The molecule has 2 aliphatic rings. The van der Waals surface area contributed by atoms with Gasteiger partial charge in [0.05, 0.1) is 37.4 Å². The first-order valence-electron chi connectivity index (χ1n) is 9.51. The number of methoxy groups -OCH3 is 1. The number of anilines is 1. The quantitative estimate of drug-likeness (QED) is 0.638. The van der Waals surface area contributed by atoms with Crippen molar-refractivity contribution in [1.82, 2.24) is 4.90 Å². The summed E-state index contributed by atoms with van der Waals surface area (Å²) in [5.41, 5.74) is 0.249. The van der Waals surface area contributed by atoms with Gasteiger partial charge in [-0.3, -0.25) is 9.59 Å². The summed E-state index contributed by atoms with van der Waals surface area (Å²) in [6, 6.07) is 2.23. The number of carbonyl (C=O) groups excluding carboxylic acids is 2. The normalized spacial score (nSPS) is 20.1. The van der Waals surface area contributed by atoms with Crippen molar-refractivity contribution in [2.24, 2.45) is 0 Å². The van der Waals surface area contributed by atoms with Gasteiger partial charge in [0.2, 0.25) is 0 Å². The second-order valence-electron chi connectivity index (χ2n) is 6.87. The van der Waals surface area contributed by atoms with Crippen LogP contribution in [0.15, 0.2) is 24.8 Å². The van der Waals surface area contributed by atoms with Crippen LogP contribution in [0.4, 0.5) is 10.5 Å². The van der Waals surface area contributed by atoms with Gasteiger partial charge < -0.3 is 29.3 Å². The maximum atomic E-state index is 13.2. The van der Waals surface area contributed by atoms with E-state index in [1.165, 1.54) is 30.2 Å². The third-order valence-corrected chi connectivity index (χ3v) is 5.04. The van der Waals surface area contributed by atoms with Crippen molar-refractivity contribution in [3.8, 4) is 11.5 Å². The summed E-state index contributed by atoms with van der Waals surface area (Å²) in [6.07, 6.45) is 0.215. The summed E-state index contributed by atoms with van der Waals surface area (Å²) in [7, 11) is 1.39. The lowest BCUT2D eigenvalue weighted by atomic mass is 10.1. The lowest BCUT2D eigenvalue weighted by Gasteiger charge is -2.31. The fourth-order valence-corrected chi connectivity index (χ4v) is 3.67. The highest BCUT2D eigenvalue weighted by Gasteiger charge is 2.45. The van der Waals surface area contributed by atoms with Crippen LogP contribution in [-0.4, -0.2) is 72.2 Å². The predicted molar refractivity (Wildman–Crippen MR) is 105 cm³/mol. The number of carboxylic acid groups (broad SMARTS) is 1. The van der Waals surface area contributed by atoms with Crippen molar-refractivity contribution in [1.29, 1.82) is 0 Å². The molecule has 0 spiro atoms. The molecule has 30 heavy (non-hydrogen) atoms. The van der Waals surface area contributed by atoms with Gasteiger partial charge in [-0.15, -0.1) is 0 Å². The van der Waals surface area contributed by atoms with Crippen LogP contribution in [0.25, 0.3) is 0 Å². The minimum atomic E-state index is -1.32. The van der Waals surface area contributed by atoms with Gasteiger partial charge in [0.25, 0.3) is 5.91 Å². The molecule has 10 nitrogen and oxygen atoms in total. The summed E-state index contributed by atoms with van der Waals surface area (Å²) in [4.78, 5) is 39.3. The molecule has 0 unspecified atom stereocenters. The summed E-state index contributed by atoms with van der Waals surface area (Å²) in [6.45, 7) is 3.74. The van der Waals surface area contributed by atoms with Crippen LogP contribution in [0.3, 0.4) is 0 Å². The van der Waals surface area contributed by atoms with E-state index >= 15 is 0 Å². The lowest BCUT2D eigenvalue weighted by molar-refractivity contribution is -0.137. The van der Waals surface area contributed by atoms with Crippen molar-refractivity contribution in [3.05, 3.63) is 30.4 Å². The van der Waals surface area contributed by atoms with Crippen LogP contribution in [0.5, 0.6) is 11.5 Å². The van der Waals surface area contributed by atoms with Crippen molar-refractivity contribution >= 4 is 23.7 Å². The minimum Gasteiger partial charge on any atom is -0.493 e. The molecule has 2 heterocycles. The molecule has 2 atom stereocenters. The van der Waals surface area contributed by atoms with Gasteiger partial charge in [0, 0.05) is 12.6 Å². The SMILES string of the molecule is C=CCOC(=O)N1c2cc(OCCC(=O)O)c(OC)cc2C(=O)N2CCC[C@H]2[C@@H]1O. The Hall–Kier alpha value is -3.27. The molecule has 1 aromatic carbocycles. The van der Waals surface area contributed by atoms with E-state index in [1.807, 2.05) is 0 Å². The zero-order valence-corrected chi connectivity index (χ0v) is 16.6. The molecule has 10 heteroatoms. The smallest absolute Gasteiger partial charge is 0.416 e. The maximum Gasteiger partial charge on any atom is 0.416 e. The average Bonchev–Trinajstić information content (AvgIpc) is 3.19.